The minimum Gasteiger partial charge on any atom is -0.489 e. The van der Waals surface area contributed by atoms with Crippen molar-refractivity contribution in [3.63, 3.8) is 0 Å². The maximum absolute atomic E-state index is 12.2. The molecule has 0 radical (unpaired) electrons. The normalized spacial score (nSPS) is 18.0. The zero-order valence-corrected chi connectivity index (χ0v) is 14.7. The van der Waals surface area contributed by atoms with E-state index in [-0.39, 0.29) is 18.2 Å². The summed E-state index contributed by atoms with van der Waals surface area (Å²) >= 11 is 0. The summed E-state index contributed by atoms with van der Waals surface area (Å²) in [6.07, 6.45) is 1.34. The summed E-state index contributed by atoms with van der Waals surface area (Å²) in [6.45, 7) is 6.73. The maximum atomic E-state index is 12.2. The Morgan fingerprint density at radius 3 is 2.42 bits per heavy atom. The van der Waals surface area contributed by atoms with Gasteiger partial charge in [-0.25, -0.2) is 9.59 Å². The monoisotopic (exact) mass is 335 g/mol. The molecule has 0 aliphatic carbocycles. The highest BCUT2D eigenvalue weighted by Gasteiger charge is 2.28. The molecule has 0 saturated carbocycles. The Labute approximate surface area is 142 Å². The molecule has 0 bridgehead atoms. The van der Waals surface area contributed by atoms with Gasteiger partial charge in [0.25, 0.3) is 0 Å². The first-order valence-corrected chi connectivity index (χ1v) is 8.11. The topological polar surface area (TPSA) is 65.1 Å². The van der Waals surface area contributed by atoms with Crippen LogP contribution in [-0.2, 0) is 9.47 Å². The number of amides is 1. The van der Waals surface area contributed by atoms with E-state index in [0.29, 0.717) is 24.4 Å². The third-order valence-corrected chi connectivity index (χ3v) is 3.61. The summed E-state index contributed by atoms with van der Waals surface area (Å²) in [6, 6.07) is 6.79. The van der Waals surface area contributed by atoms with Gasteiger partial charge in [-0.05, 0) is 57.9 Å². The lowest BCUT2D eigenvalue weighted by Crippen LogP contribution is -2.46. The zero-order valence-electron chi connectivity index (χ0n) is 14.7. The first-order chi connectivity index (χ1) is 11.3. The molecule has 132 valence electrons. The first-order valence-electron chi connectivity index (χ1n) is 8.11. The Morgan fingerprint density at radius 2 is 1.83 bits per heavy atom. The third kappa shape index (κ3) is 5.15. The number of hydrogen-bond donors (Lipinski definition) is 0. The van der Waals surface area contributed by atoms with E-state index in [1.807, 2.05) is 20.8 Å². The van der Waals surface area contributed by atoms with E-state index >= 15 is 0 Å². The fourth-order valence-corrected chi connectivity index (χ4v) is 2.51. The standard InChI is InChI=1S/C18H25NO5/c1-18(2,3)24-17(21)19-11-5-6-15(12-19)23-14-9-7-13(8-10-14)16(20)22-4/h7-10,15H,5-6,11-12H2,1-4H3/t15-/m1/s1. The molecule has 1 saturated heterocycles. The molecule has 1 aliphatic heterocycles. The van der Waals surface area contributed by atoms with Crippen molar-refractivity contribution in [3.05, 3.63) is 29.8 Å². The summed E-state index contributed by atoms with van der Waals surface area (Å²) in [5.74, 6) is 0.286. The predicted molar refractivity (Wildman–Crippen MR) is 89.2 cm³/mol. The smallest absolute Gasteiger partial charge is 0.410 e. The van der Waals surface area contributed by atoms with Crippen LogP contribution in [-0.4, -0.2) is 48.9 Å². The molecule has 6 heteroatoms. The van der Waals surface area contributed by atoms with Crippen molar-refractivity contribution in [2.75, 3.05) is 20.2 Å². The summed E-state index contributed by atoms with van der Waals surface area (Å²) in [4.78, 5) is 25.3. The Morgan fingerprint density at radius 1 is 1.17 bits per heavy atom. The van der Waals surface area contributed by atoms with Gasteiger partial charge in [-0.3, -0.25) is 0 Å². The summed E-state index contributed by atoms with van der Waals surface area (Å²) in [7, 11) is 1.35. The summed E-state index contributed by atoms with van der Waals surface area (Å²) in [5.41, 5.74) is -0.0295. The van der Waals surface area contributed by atoms with Crippen LogP contribution in [0.4, 0.5) is 4.79 Å². The van der Waals surface area contributed by atoms with E-state index in [9.17, 15) is 9.59 Å². The lowest BCUT2D eigenvalue weighted by atomic mass is 10.1. The number of nitrogens with zero attached hydrogens (tertiary/aromatic N) is 1. The number of ether oxygens (including phenoxy) is 3. The second-order valence-corrected chi connectivity index (χ2v) is 6.82. The molecule has 1 aliphatic rings. The van der Waals surface area contributed by atoms with Crippen molar-refractivity contribution >= 4 is 12.1 Å². The molecule has 1 fully saturated rings. The van der Waals surface area contributed by atoms with Crippen molar-refractivity contribution in [2.45, 2.75) is 45.3 Å². The van der Waals surface area contributed by atoms with E-state index in [2.05, 4.69) is 4.74 Å². The van der Waals surface area contributed by atoms with Crippen molar-refractivity contribution in [3.8, 4) is 5.75 Å². The SMILES string of the molecule is COC(=O)c1ccc(O[C@@H]2CCCN(C(=O)OC(C)(C)C)C2)cc1. The number of benzene rings is 1. The van der Waals surface area contributed by atoms with E-state index < -0.39 is 5.60 Å². The van der Waals surface area contributed by atoms with Crippen LogP contribution in [0.2, 0.25) is 0 Å². The van der Waals surface area contributed by atoms with Crippen molar-refractivity contribution in [1.29, 1.82) is 0 Å². The Kier molecular flexibility index (Phi) is 5.70. The number of piperidine rings is 1. The Bertz CT molecular complexity index is 576. The van der Waals surface area contributed by atoms with Gasteiger partial charge in [0.2, 0.25) is 0 Å². The van der Waals surface area contributed by atoms with Gasteiger partial charge in [0.05, 0.1) is 19.2 Å². The number of carbonyl (C=O) groups is 2. The van der Waals surface area contributed by atoms with Gasteiger partial charge in [0, 0.05) is 6.54 Å². The van der Waals surface area contributed by atoms with Gasteiger partial charge in [0.15, 0.2) is 0 Å². The average molecular weight is 335 g/mol. The molecule has 1 aromatic rings. The van der Waals surface area contributed by atoms with Crippen LogP contribution in [0.15, 0.2) is 24.3 Å². The number of methoxy groups -OCH3 is 1. The summed E-state index contributed by atoms with van der Waals surface area (Å²) < 4.78 is 16.0. The molecule has 6 nitrogen and oxygen atoms in total. The Hall–Kier alpha value is -2.24. The number of hydrogen-bond acceptors (Lipinski definition) is 5. The van der Waals surface area contributed by atoms with E-state index in [1.54, 1.807) is 29.2 Å². The predicted octanol–water partition coefficient (Wildman–Crippen LogP) is 3.25. The molecule has 1 atom stereocenters. The highest BCUT2D eigenvalue weighted by atomic mass is 16.6. The Balaban J connectivity index is 1.93. The zero-order chi connectivity index (χ0) is 17.7. The summed E-state index contributed by atoms with van der Waals surface area (Å²) in [5, 5.41) is 0. The van der Waals surface area contributed by atoms with Crippen LogP contribution in [0.5, 0.6) is 5.75 Å². The second-order valence-electron chi connectivity index (χ2n) is 6.82. The number of carbonyl (C=O) groups excluding carboxylic acids is 2. The van der Waals surface area contributed by atoms with Gasteiger partial charge < -0.3 is 19.1 Å². The van der Waals surface area contributed by atoms with E-state index in [1.165, 1.54) is 7.11 Å². The van der Waals surface area contributed by atoms with Crippen LogP contribution < -0.4 is 4.74 Å². The molecule has 0 aromatic heterocycles. The second kappa shape index (κ2) is 7.55. The third-order valence-electron chi connectivity index (χ3n) is 3.61. The minimum absolute atomic E-state index is 0.0877. The van der Waals surface area contributed by atoms with Crippen LogP contribution in [0.1, 0.15) is 44.0 Å². The van der Waals surface area contributed by atoms with Crippen LogP contribution in [0, 0.1) is 0 Å². The lowest BCUT2D eigenvalue weighted by Gasteiger charge is -2.34. The quantitative estimate of drug-likeness (QED) is 0.793. The number of esters is 1. The molecular weight excluding hydrogens is 310 g/mol. The van der Waals surface area contributed by atoms with Crippen LogP contribution in [0.3, 0.4) is 0 Å². The molecule has 0 N–H and O–H groups in total. The molecular formula is C18H25NO5. The average Bonchev–Trinajstić information content (AvgIpc) is 2.53. The number of likely N-dealkylation sites (tertiary alicyclic amines) is 1. The van der Waals surface area contributed by atoms with Gasteiger partial charge >= 0.3 is 12.1 Å². The fraction of sp³-hybridized carbons (Fsp3) is 0.556. The molecule has 1 aromatic carbocycles. The van der Waals surface area contributed by atoms with E-state index in [0.717, 1.165) is 12.8 Å². The van der Waals surface area contributed by atoms with Gasteiger partial charge in [-0.1, -0.05) is 0 Å². The van der Waals surface area contributed by atoms with Crippen LogP contribution >= 0.6 is 0 Å². The lowest BCUT2D eigenvalue weighted by molar-refractivity contribution is 0.00773. The first kappa shape index (κ1) is 18.1. The van der Waals surface area contributed by atoms with Crippen molar-refractivity contribution in [2.24, 2.45) is 0 Å². The molecule has 0 spiro atoms. The van der Waals surface area contributed by atoms with Crippen molar-refractivity contribution in [1.82, 2.24) is 4.90 Å². The van der Waals surface area contributed by atoms with Gasteiger partial charge in [0.1, 0.15) is 17.5 Å². The highest BCUT2D eigenvalue weighted by Crippen LogP contribution is 2.21. The number of rotatable bonds is 3. The molecule has 0 unspecified atom stereocenters. The van der Waals surface area contributed by atoms with Gasteiger partial charge in [-0.15, -0.1) is 0 Å². The molecule has 24 heavy (non-hydrogen) atoms. The molecule has 1 amide bonds. The van der Waals surface area contributed by atoms with Gasteiger partial charge in [-0.2, -0.15) is 0 Å². The minimum atomic E-state index is -0.505. The largest absolute Gasteiger partial charge is 0.489 e. The van der Waals surface area contributed by atoms with Crippen LogP contribution in [0.25, 0.3) is 0 Å². The van der Waals surface area contributed by atoms with Crippen molar-refractivity contribution < 1.29 is 23.8 Å². The molecule has 1 heterocycles. The van der Waals surface area contributed by atoms with E-state index in [4.69, 9.17) is 9.47 Å². The molecule has 2 rings (SSSR count). The fourth-order valence-electron chi connectivity index (χ4n) is 2.51. The maximum Gasteiger partial charge on any atom is 0.410 e. The highest BCUT2D eigenvalue weighted by molar-refractivity contribution is 5.89.